The van der Waals surface area contributed by atoms with E-state index in [-0.39, 0.29) is 5.91 Å². The number of rotatable bonds is 4. The van der Waals surface area contributed by atoms with Crippen molar-refractivity contribution in [3.05, 3.63) is 59.2 Å². The molecule has 2 rings (SSSR count). The molecule has 0 fully saturated rings. The van der Waals surface area contributed by atoms with Crippen LogP contribution in [0.25, 0.3) is 11.1 Å². The molecule has 0 aliphatic carbocycles. The van der Waals surface area contributed by atoms with Gasteiger partial charge in [-0.25, -0.2) is 0 Å². The predicted molar refractivity (Wildman–Crippen MR) is 85.3 cm³/mol. The van der Waals surface area contributed by atoms with Gasteiger partial charge in [-0.05, 0) is 35.7 Å². The molecule has 0 spiro atoms. The Kier molecular flexibility index (Phi) is 4.76. The van der Waals surface area contributed by atoms with Crippen molar-refractivity contribution in [3.8, 4) is 11.1 Å². The van der Waals surface area contributed by atoms with E-state index in [0.717, 1.165) is 16.7 Å². The average Bonchev–Trinajstić information content (AvgIpc) is 2.48. The monoisotopic (exact) mass is 283 g/mol. The van der Waals surface area contributed by atoms with E-state index in [1.807, 2.05) is 18.2 Å². The molecule has 0 unspecified atom stereocenters. The van der Waals surface area contributed by atoms with E-state index in [1.54, 1.807) is 26.1 Å². The van der Waals surface area contributed by atoms with E-state index in [0.29, 0.717) is 12.2 Å². The van der Waals surface area contributed by atoms with Gasteiger partial charge in [-0.3, -0.25) is 4.79 Å². The molecule has 0 heterocycles. The maximum atomic E-state index is 12.1. The van der Waals surface area contributed by atoms with Crippen LogP contribution >= 0.6 is 0 Å². The minimum absolute atomic E-state index is 0.00260. The number of carbonyl (C=O) groups is 1. The Morgan fingerprint density at radius 2 is 1.76 bits per heavy atom. The highest BCUT2D eigenvalue weighted by molar-refractivity contribution is 5.94. The van der Waals surface area contributed by atoms with Crippen molar-refractivity contribution in [2.75, 3.05) is 21.2 Å². The first kappa shape index (κ1) is 15.3. The summed E-state index contributed by atoms with van der Waals surface area (Å²) in [6.07, 6.45) is 0. The number of ether oxygens (including phenoxy) is 1. The van der Waals surface area contributed by atoms with Gasteiger partial charge in [0, 0.05) is 26.8 Å². The molecule has 110 valence electrons. The van der Waals surface area contributed by atoms with Crippen molar-refractivity contribution >= 4 is 5.91 Å². The summed E-state index contributed by atoms with van der Waals surface area (Å²) in [5.74, 6) is 0.00260. The van der Waals surface area contributed by atoms with Gasteiger partial charge in [-0.1, -0.05) is 35.9 Å². The molecule has 2 aromatic carbocycles. The maximum Gasteiger partial charge on any atom is 0.253 e. The smallest absolute Gasteiger partial charge is 0.253 e. The SMILES string of the molecule is COCc1cc(C(=O)N(C)C)ccc1-c1ccc(C)cc1. The van der Waals surface area contributed by atoms with Crippen LogP contribution in [0.4, 0.5) is 0 Å². The number of carbonyl (C=O) groups excluding carboxylic acids is 1. The lowest BCUT2D eigenvalue weighted by molar-refractivity contribution is 0.0827. The summed E-state index contributed by atoms with van der Waals surface area (Å²) in [6, 6.07) is 14.2. The second kappa shape index (κ2) is 6.55. The molecular formula is C18H21NO2. The lowest BCUT2D eigenvalue weighted by Crippen LogP contribution is -2.21. The number of nitrogens with zero attached hydrogens (tertiary/aromatic N) is 1. The molecule has 0 saturated heterocycles. The molecule has 0 N–H and O–H groups in total. The second-order valence-electron chi connectivity index (χ2n) is 5.37. The molecule has 3 nitrogen and oxygen atoms in total. The molecule has 1 amide bonds. The standard InChI is InChI=1S/C18H21NO2/c1-13-5-7-14(8-6-13)17-10-9-15(18(20)19(2)3)11-16(17)12-21-4/h5-11H,12H2,1-4H3. The summed E-state index contributed by atoms with van der Waals surface area (Å²) >= 11 is 0. The summed E-state index contributed by atoms with van der Waals surface area (Å²) < 4.78 is 5.28. The van der Waals surface area contributed by atoms with Gasteiger partial charge in [-0.2, -0.15) is 0 Å². The molecule has 0 bridgehead atoms. The zero-order chi connectivity index (χ0) is 15.4. The Hall–Kier alpha value is -2.13. The van der Waals surface area contributed by atoms with Crippen LogP contribution in [-0.4, -0.2) is 32.0 Å². The second-order valence-corrected chi connectivity index (χ2v) is 5.37. The van der Waals surface area contributed by atoms with E-state index < -0.39 is 0 Å². The highest BCUT2D eigenvalue weighted by Crippen LogP contribution is 2.26. The Labute approximate surface area is 126 Å². The van der Waals surface area contributed by atoms with Crippen LogP contribution in [0.15, 0.2) is 42.5 Å². The van der Waals surface area contributed by atoms with Crippen LogP contribution < -0.4 is 0 Å². The van der Waals surface area contributed by atoms with Crippen LogP contribution in [0.3, 0.4) is 0 Å². The van der Waals surface area contributed by atoms with E-state index in [2.05, 4.69) is 31.2 Å². The van der Waals surface area contributed by atoms with Crippen molar-refractivity contribution in [1.82, 2.24) is 4.90 Å². The van der Waals surface area contributed by atoms with Gasteiger partial charge in [0.25, 0.3) is 5.91 Å². The average molecular weight is 283 g/mol. The van der Waals surface area contributed by atoms with Crippen molar-refractivity contribution in [2.24, 2.45) is 0 Å². The first-order valence-corrected chi connectivity index (χ1v) is 6.93. The fraction of sp³-hybridized carbons (Fsp3) is 0.278. The highest BCUT2D eigenvalue weighted by Gasteiger charge is 2.12. The van der Waals surface area contributed by atoms with E-state index in [9.17, 15) is 4.79 Å². The number of amides is 1. The van der Waals surface area contributed by atoms with Crippen molar-refractivity contribution in [2.45, 2.75) is 13.5 Å². The third-order valence-corrected chi connectivity index (χ3v) is 3.42. The van der Waals surface area contributed by atoms with Gasteiger partial charge in [-0.15, -0.1) is 0 Å². The molecule has 0 radical (unpaired) electrons. The Morgan fingerprint density at radius 1 is 1.10 bits per heavy atom. The first-order chi connectivity index (χ1) is 10.0. The third kappa shape index (κ3) is 3.50. The quantitative estimate of drug-likeness (QED) is 0.859. The largest absolute Gasteiger partial charge is 0.380 e. The van der Waals surface area contributed by atoms with Gasteiger partial charge < -0.3 is 9.64 Å². The number of hydrogen-bond acceptors (Lipinski definition) is 2. The molecular weight excluding hydrogens is 262 g/mol. The van der Waals surface area contributed by atoms with Gasteiger partial charge >= 0.3 is 0 Å². The zero-order valence-corrected chi connectivity index (χ0v) is 13.0. The predicted octanol–water partition coefficient (Wildman–Crippen LogP) is 3.51. The normalized spacial score (nSPS) is 10.5. The van der Waals surface area contributed by atoms with Gasteiger partial charge in [0.1, 0.15) is 0 Å². The minimum atomic E-state index is 0.00260. The summed E-state index contributed by atoms with van der Waals surface area (Å²) in [5.41, 5.74) is 5.17. The van der Waals surface area contributed by atoms with Gasteiger partial charge in [0.15, 0.2) is 0 Å². The Morgan fingerprint density at radius 3 is 2.33 bits per heavy atom. The molecule has 21 heavy (non-hydrogen) atoms. The molecule has 0 saturated carbocycles. The summed E-state index contributed by atoms with van der Waals surface area (Å²) in [4.78, 5) is 13.7. The van der Waals surface area contributed by atoms with E-state index >= 15 is 0 Å². The fourth-order valence-corrected chi connectivity index (χ4v) is 2.27. The summed E-state index contributed by atoms with van der Waals surface area (Å²) in [7, 11) is 5.18. The van der Waals surface area contributed by atoms with Gasteiger partial charge in [0.05, 0.1) is 6.61 Å². The van der Waals surface area contributed by atoms with Crippen LogP contribution in [0.1, 0.15) is 21.5 Å². The number of benzene rings is 2. The highest BCUT2D eigenvalue weighted by atomic mass is 16.5. The lowest BCUT2D eigenvalue weighted by atomic mass is 9.97. The molecule has 2 aromatic rings. The Balaban J connectivity index is 2.46. The molecule has 0 aliphatic heterocycles. The lowest BCUT2D eigenvalue weighted by Gasteiger charge is -2.14. The maximum absolute atomic E-state index is 12.1. The van der Waals surface area contributed by atoms with Crippen LogP contribution in [0.2, 0.25) is 0 Å². The number of hydrogen-bond donors (Lipinski definition) is 0. The number of methoxy groups -OCH3 is 1. The van der Waals surface area contributed by atoms with Crippen molar-refractivity contribution < 1.29 is 9.53 Å². The molecule has 0 atom stereocenters. The van der Waals surface area contributed by atoms with Crippen LogP contribution in [0.5, 0.6) is 0 Å². The van der Waals surface area contributed by atoms with Crippen LogP contribution in [-0.2, 0) is 11.3 Å². The molecule has 0 aromatic heterocycles. The van der Waals surface area contributed by atoms with Gasteiger partial charge in [0.2, 0.25) is 0 Å². The van der Waals surface area contributed by atoms with E-state index in [4.69, 9.17) is 4.74 Å². The molecule has 3 heteroatoms. The minimum Gasteiger partial charge on any atom is -0.380 e. The molecule has 0 aliphatic rings. The first-order valence-electron chi connectivity index (χ1n) is 6.93. The van der Waals surface area contributed by atoms with E-state index in [1.165, 1.54) is 5.56 Å². The topological polar surface area (TPSA) is 29.5 Å². The summed E-state index contributed by atoms with van der Waals surface area (Å²) in [6.45, 7) is 2.55. The number of aryl methyl sites for hydroxylation is 1. The van der Waals surface area contributed by atoms with Crippen LogP contribution in [0, 0.1) is 6.92 Å². The zero-order valence-electron chi connectivity index (χ0n) is 13.0. The van der Waals surface area contributed by atoms with Crippen molar-refractivity contribution in [3.63, 3.8) is 0 Å². The third-order valence-electron chi connectivity index (χ3n) is 3.42. The van der Waals surface area contributed by atoms with Crippen molar-refractivity contribution in [1.29, 1.82) is 0 Å². The fourth-order valence-electron chi connectivity index (χ4n) is 2.27. The summed E-state index contributed by atoms with van der Waals surface area (Å²) in [5, 5.41) is 0. The Bertz CT molecular complexity index is 630.